The molecule has 0 aliphatic carbocycles. The number of aryl methyl sites for hydroxylation is 5. The minimum atomic E-state index is -1.09. The van der Waals surface area contributed by atoms with Crippen molar-refractivity contribution in [2.45, 2.75) is 67.0 Å². The molecule has 5 heterocycles. The normalized spacial score (nSPS) is 14.0. The van der Waals surface area contributed by atoms with Crippen LogP contribution in [0.2, 0.25) is 10.0 Å². The molecule has 7 aromatic rings. The lowest BCUT2D eigenvalue weighted by atomic mass is 9.98. The summed E-state index contributed by atoms with van der Waals surface area (Å²) in [5.41, 5.74) is 9.68. The Morgan fingerprint density at radius 1 is 0.919 bits per heavy atom. The van der Waals surface area contributed by atoms with E-state index in [0.717, 1.165) is 66.6 Å². The summed E-state index contributed by atoms with van der Waals surface area (Å²) >= 11 is 13.6. The van der Waals surface area contributed by atoms with Crippen LogP contribution in [0.1, 0.15) is 80.9 Å². The largest absolute Gasteiger partial charge is 0.494 e. The fourth-order valence-electron chi connectivity index (χ4n) is 8.94. The molecule has 14 heteroatoms. The molecule has 0 fully saturated rings. The summed E-state index contributed by atoms with van der Waals surface area (Å²) in [6.45, 7) is 14.0. The number of benzene rings is 3. The van der Waals surface area contributed by atoms with Crippen molar-refractivity contribution in [2.24, 2.45) is 7.05 Å². The highest BCUT2D eigenvalue weighted by atomic mass is 35.5. The SMILES string of the molecule is CCOCCOc1cc(N2C[C@@H](C)n3c(c(CCCOc4cc(C)c(Cl)c(C)c4)c4ccc(Cl)c(-c5c(C)nn(C)c5C)c43)C2=O)c2c(c1)c(C(=O)O)cn2Cc1ccccn1. The van der Waals surface area contributed by atoms with Crippen LogP contribution in [0, 0.1) is 27.7 Å². The number of hydrogen-bond acceptors (Lipinski definition) is 7. The lowest BCUT2D eigenvalue weighted by Gasteiger charge is -2.35. The number of hydrogen-bond donors (Lipinski definition) is 1. The summed E-state index contributed by atoms with van der Waals surface area (Å²) in [5, 5.41) is 17.9. The zero-order valence-corrected chi connectivity index (χ0v) is 37.5. The molecule has 0 bridgehead atoms. The van der Waals surface area contributed by atoms with Crippen LogP contribution in [0.5, 0.6) is 11.5 Å². The zero-order chi connectivity index (χ0) is 44.0. The standard InChI is InChI=1S/C48H50Cl2N6O6/c1-8-60-18-19-62-34-22-37-38(48(58)59)26-54(25-32-12-9-10-16-51-32)44(37)40(23-34)55-24-29(4)56-45-36(14-15-39(49)42(45)41-30(5)52-53(7)31(41)6)35(46(56)47(55)57)13-11-17-61-33-20-27(2)43(50)28(3)21-33/h9-10,12,14-16,20-23,26,29H,8,11,13,17-19,24-25H2,1-7H3,(H,58,59)/t29-/m1/s1. The molecular formula is C48H50Cl2N6O6. The van der Waals surface area contributed by atoms with Crippen LogP contribution < -0.4 is 14.4 Å². The second-order valence-corrected chi connectivity index (χ2v) is 16.7. The van der Waals surface area contributed by atoms with E-state index in [1.807, 2.05) is 99.4 Å². The molecule has 0 spiro atoms. The Kier molecular flexibility index (Phi) is 12.1. The topological polar surface area (TPSA) is 126 Å². The Labute approximate surface area is 370 Å². The molecule has 0 saturated carbocycles. The molecule has 0 saturated heterocycles. The lowest BCUT2D eigenvalue weighted by Crippen LogP contribution is -2.43. The molecule has 3 aromatic carbocycles. The fraction of sp³-hybridized carbons (Fsp3) is 0.333. The van der Waals surface area contributed by atoms with E-state index in [-0.39, 0.29) is 37.2 Å². The van der Waals surface area contributed by atoms with Gasteiger partial charge in [0, 0.05) is 77.3 Å². The van der Waals surface area contributed by atoms with Gasteiger partial charge < -0.3 is 33.4 Å². The van der Waals surface area contributed by atoms with Gasteiger partial charge in [0.15, 0.2) is 0 Å². The van der Waals surface area contributed by atoms with Crippen LogP contribution in [-0.4, -0.2) is 73.9 Å². The quantitative estimate of drug-likeness (QED) is 0.101. The second-order valence-electron chi connectivity index (χ2n) is 16.0. The lowest BCUT2D eigenvalue weighted by molar-refractivity contribution is 0.0698. The van der Waals surface area contributed by atoms with Crippen molar-refractivity contribution in [2.75, 3.05) is 37.9 Å². The fourth-order valence-corrected chi connectivity index (χ4v) is 9.30. The van der Waals surface area contributed by atoms with Crippen molar-refractivity contribution in [1.82, 2.24) is 23.9 Å². The molecule has 4 aromatic heterocycles. The van der Waals surface area contributed by atoms with Gasteiger partial charge >= 0.3 is 5.97 Å². The molecule has 8 rings (SSSR count). The van der Waals surface area contributed by atoms with Gasteiger partial charge in [-0.15, -0.1) is 0 Å². The van der Waals surface area contributed by atoms with Gasteiger partial charge in [-0.1, -0.05) is 35.3 Å². The molecule has 0 unspecified atom stereocenters. The Hall–Kier alpha value is -5.82. The van der Waals surface area contributed by atoms with Crippen LogP contribution in [-0.2, 0) is 24.8 Å². The summed E-state index contributed by atoms with van der Waals surface area (Å²) < 4.78 is 23.9. The van der Waals surface area contributed by atoms with Crippen LogP contribution in [0.15, 0.2) is 67.0 Å². The average Bonchev–Trinajstić information content (AvgIpc) is 3.86. The first-order chi connectivity index (χ1) is 29.8. The number of nitrogens with zero attached hydrogens (tertiary/aromatic N) is 6. The highest BCUT2D eigenvalue weighted by molar-refractivity contribution is 6.35. The van der Waals surface area contributed by atoms with Gasteiger partial charge in [0.25, 0.3) is 5.91 Å². The second kappa shape index (κ2) is 17.5. The van der Waals surface area contributed by atoms with E-state index in [1.54, 1.807) is 23.4 Å². The predicted molar refractivity (Wildman–Crippen MR) is 244 cm³/mol. The van der Waals surface area contributed by atoms with Gasteiger partial charge in [0.1, 0.15) is 23.8 Å². The maximum Gasteiger partial charge on any atom is 0.337 e. The van der Waals surface area contributed by atoms with Crippen molar-refractivity contribution in [3.8, 4) is 22.6 Å². The minimum absolute atomic E-state index is 0.0901. The predicted octanol–water partition coefficient (Wildman–Crippen LogP) is 10.3. The number of fused-ring (bicyclic) bond motifs is 4. The van der Waals surface area contributed by atoms with E-state index in [0.29, 0.717) is 65.7 Å². The highest BCUT2D eigenvalue weighted by Crippen LogP contribution is 2.46. The number of amides is 1. The summed E-state index contributed by atoms with van der Waals surface area (Å²) in [6, 6.07) is 16.8. The molecule has 322 valence electrons. The smallest absolute Gasteiger partial charge is 0.337 e. The first kappa shape index (κ1) is 42.9. The van der Waals surface area contributed by atoms with Gasteiger partial charge in [-0.3, -0.25) is 14.5 Å². The van der Waals surface area contributed by atoms with Gasteiger partial charge in [0.2, 0.25) is 0 Å². The Morgan fingerprint density at radius 2 is 1.66 bits per heavy atom. The molecule has 1 atom stereocenters. The summed E-state index contributed by atoms with van der Waals surface area (Å²) in [4.78, 5) is 34.9. The van der Waals surface area contributed by atoms with Crippen LogP contribution in [0.25, 0.3) is 32.9 Å². The first-order valence-corrected chi connectivity index (χ1v) is 21.6. The molecule has 12 nitrogen and oxygen atoms in total. The minimum Gasteiger partial charge on any atom is -0.494 e. The van der Waals surface area contributed by atoms with Crippen molar-refractivity contribution in [1.29, 1.82) is 0 Å². The third-order valence-electron chi connectivity index (χ3n) is 11.8. The van der Waals surface area contributed by atoms with E-state index in [2.05, 4.69) is 16.5 Å². The van der Waals surface area contributed by atoms with E-state index in [9.17, 15) is 9.90 Å². The van der Waals surface area contributed by atoms with Crippen LogP contribution >= 0.6 is 23.2 Å². The zero-order valence-electron chi connectivity index (χ0n) is 36.0. The van der Waals surface area contributed by atoms with Gasteiger partial charge in [-0.05, 0) is 107 Å². The van der Waals surface area contributed by atoms with Crippen LogP contribution in [0.4, 0.5) is 5.69 Å². The number of ether oxygens (including phenoxy) is 3. The molecule has 1 aliphatic heterocycles. The molecule has 0 radical (unpaired) electrons. The monoisotopic (exact) mass is 876 g/mol. The molecule has 1 amide bonds. The Bertz CT molecular complexity index is 2840. The van der Waals surface area contributed by atoms with Gasteiger partial charge in [-0.2, -0.15) is 5.10 Å². The molecule has 1 aliphatic rings. The van der Waals surface area contributed by atoms with Crippen molar-refractivity contribution in [3.05, 3.63) is 122 Å². The molecule has 1 N–H and O–H groups in total. The number of rotatable bonds is 15. The summed E-state index contributed by atoms with van der Waals surface area (Å²) in [7, 11) is 1.92. The summed E-state index contributed by atoms with van der Waals surface area (Å²) in [5.74, 6) is -0.151. The number of aromatic carboxylic acids is 1. The maximum absolute atomic E-state index is 15.7. The number of halogens is 2. The van der Waals surface area contributed by atoms with E-state index >= 15 is 4.79 Å². The highest BCUT2D eigenvalue weighted by Gasteiger charge is 2.38. The Morgan fingerprint density at radius 3 is 2.34 bits per heavy atom. The van der Waals surface area contributed by atoms with E-state index in [4.69, 9.17) is 42.5 Å². The van der Waals surface area contributed by atoms with Crippen LogP contribution in [0.3, 0.4) is 0 Å². The summed E-state index contributed by atoms with van der Waals surface area (Å²) in [6.07, 6.45) is 4.46. The maximum atomic E-state index is 15.7. The van der Waals surface area contributed by atoms with Crippen molar-refractivity contribution < 1.29 is 28.9 Å². The van der Waals surface area contributed by atoms with Crippen molar-refractivity contribution in [3.63, 3.8) is 0 Å². The number of aromatic nitrogens is 5. The van der Waals surface area contributed by atoms with Crippen molar-refractivity contribution >= 4 is 62.6 Å². The number of carboxylic acids is 1. The number of carbonyl (C=O) groups is 2. The molecular weight excluding hydrogens is 827 g/mol. The average molecular weight is 878 g/mol. The number of carboxylic acid groups (broad SMARTS) is 1. The molecule has 62 heavy (non-hydrogen) atoms. The van der Waals surface area contributed by atoms with E-state index in [1.165, 1.54) is 0 Å². The third-order valence-corrected chi connectivity index (χ3v) is 12.7. The van der Waals surface area contributed by atoms with Gasteiger partial charge in [0.05, 0.1) is 58.5 Å². The first-order valence-electron chi connectivity index (χ1n) is 20.9. The number of carbonyl (C=O) groups excluding carboxylic acids is 1. The Balaban J connectivity index is 1.30. The van der Waals surface area contributed by atoms with Gasteiger partial charge in [-0.25, -0.2) is 4.79 Å². The van der Waals surface area contributed by atoms with E-state index < -0.39 is 5.97 Å². The third kappa shape index (κ3) is 7.80. The number of pyridine rings is 1. The number of anilines is 1.